The van der Waals surface area contributed by atoms with Crippen molar-refractivity contribution in [3.8, 4) is 0 Å². The SMILES string of the molecule is CSC1CC(O)C2CCCCC2C1. The van der Waals surface area contributed by atoms with E-state index in [9.17, 15) is 5.11 Å². The summed E-state index contributed by atoms with van der Waals surface area (Å²) in [4.78, 5) is 0. The molecular weight excluding hydrogens is 180 g/mol. The van der Waals surface area contributed by atoms with Gasteiger partial charge in [0, 0.05) is 5.25 Å². The van der Waals surface area contributed by atoms with Crippen LogP contribution in [0.2, 0.25) is 0 Å². The first kappa shape index (κ1) is 9.85. The first-order valence-electron chi connectivity index (χ1n) is 5.52. The van der Waals surface area contributed by atoms with Gasteiger partial charge < -0.3 is 5.11 Å². The quantitative estimate of drug-likeness (QED) is 0.702. The van der Waals surface area contributed by atoms with Gasteiger partial charge in [0.05, 0.1) is 6.10 Å². The lowest BCUT2D eigenvalue weighted by Crippen LogP contribution is -2.39. The van der Waals surface area contributed by atoms with Gasteiger partial charge in [0.2, 0.25) is 0 Å². The Morgan fingerprint density at radius 2 is 1.92 bits per heavy atom. The van der Waals surface area contributed by atoms with E-state index in [1.54, 1.807) is 0 Å². The monoisotopic (exact) mass is 200 g/mol. The summed E-state index contributed by atoms with van der Waals surface area (Å²) in [6.07, 6.45) is 10.0. The Morgan fingerprint density at radius 3 is 2.69 bits per heavy atom. The van der Waals surface area contributed by atoms with E-state index in [2.05, 4.69) is 6.26 Å². The fourth-order valence-electron chi connectivity index (χ4n) is 3.11. The van der Waals surface area contributed by atoms with E-state index in [-0.39, 0.29) is 6.10 Å². The molecule has 2 heteroatoms. The largest absolute Gasteiger partial charge is 0.393 e. The molecule has 0 spiro atoms. The molecule has 2 fully saturated rings. The van der Waals surface area contributed by atoms with Crippen LogP contribution in [0.5, 0.6) is 0 Å². The number of aliphatic hydroxyl groups is 1. The van der Waals surface area contributed by atoms with E-state index >= 15 is 0 Å². The smallest absolute Gasteiger partial charge is 0.0581 e. The van der Waals surface area contributed by atoms with E-state index in [4.69, 9.17) is 0 Å². The number of rotatable bonds is 1. The van der Waals surface area contributed by atoms with Gasteiger partial charge in [-0.15, -0.1) is 0 Å². The minimum atomic E-state index is 0.0106. The van der Waals surface area contributed by atoms with Crippen molar-refractivity contribution in [1.29, 1.82) is 0 Å². The summed E-state index contributed by atoms with van der Waals surface area (Å²) in [5, 5.41) is 10.7. The molecular formula is C11H20OS. The fourth-order valence-corrected chi connectivity index (χ4v) is 3.94. The van der Waals surface area contributed by atoms with Gasteiger partial charge in [0.15, 0.2) is 0 Å². The minimum Gasteiger partial charge on any atom is -0.393 e. The van der Waals surface area contributed by atoms with Crippen LogP contribution >= 0.6 is 11.8 Å². The molecule has 13 heavy (non-hydrogen) atoms. The van der Waals surface area contributed by atoms with Crippen LogP contribution in [0.1, 0.15) is 38.5 Å². The first-order valence-corrected chi connectivity index (χ1v) is 6.81. The number of hydrogen-bond acceptors (Lipinski definition) is 2. The molecule has 2 saturated carbocycles. The first-order chi connectivity index (χ1) is 6.31. The Bertz CT molecular complexity index is 171. The minimum absolute atomic E-state index is 0.0106. The van der Waals surface area contributed by atoms with Crippen LogP contribution in [-0.4, -0.2) is 22.7 Å². The molecule has 0 amide bonds. The molecule has 2 aliphatic carbocycles. The topological polar surface area (TPSA) is 20.2 Å². The average molecular weight is 200 g/mol. The van der Waals surface area contributed by atoms with Crippen LogP contribution < -0.4 is 0 Å². The van der Waals surface area contributed by atoms with Gasteiger partial charge in [-0.1, -0.05) is 19.3 Å². The lowest BCUT2D eigenvalue weighted by Gasteiger charge is -2.42. The molecule has 4 atom stereocenters. The molecule has 2 aliphatic rings. The molecule has 0 radical (unpaired) electrons. The molecule has 0 aromatic rings. The van der Waals surface area contributed by atoms with Gasteiger partial charge in [0.1, 0.15) is 0 Å². The number of aliphatic hydroxyl groups excluding tert-OH is 1. The van der Waals surface area contributed by atoms with Crippen molar-refractivity contribution < 1.29 is 5.11 Å². The third kappa shape index (κ3) is 2.04. The highest BCUT2D eigenvalue weighted by atomic mass is 32.2. The summed E-state index contributed by atoms with van der Waals surface area (Å²) in [7, 11) is 0. The number of thioether (sulfide) groups is 1. The second-order valence-electron chi connectivity index (χ2n) is 4.60. The highest BCUT2D eigenvalue weighted by molar-refractivity contribution is 7.99. The van der Waals surface area contributed by atoms with Crippen LogP contribution in [0.15, 0.2) is 0 Å². The second kappa shape index (κ2) is 4.22. The molecule has 0 saturated heterocycles. The molecule has 4 unspecified atom stereocenters. The maximum atomic E-state index is 9.99. The maximum Gasteiger partial charge on any atom is 0.0581 e. The molecule has 0 heterocycles. The molecule has 1 nitrogen and oxygen atoms in total. The Kier molecular flexibility index (Phi) is 3.20. The normalized spacial score (nSPS) is 45.7. The molecule has 76 valence electrons. The molecule has 2 rings (SSSR count). The van der Waals surface area contributed by atoms with Gasteiger partial charge in [-0.05, 0) is 37.4 Å². The molecule has 1 N–H and O–H groups in total. The van der Waals surface area contributed by atoms with Gasteiger partial charge in [-0.3, -0.25) is 0 Å². The summed E-state index contributed by atoms with van der Waals surface area (Å²) in [6.45, 7) is 0. The zero-order valence-electron chi connectivity index (χ0n) is 8.41. The third-order valence-corrected chi connectivity index (χ3v) is 4.92. The van der Waals surface area contributed by atoms with Gasteiger partial charge >= 0.3 is 0 Å². The van der Waals surface area contributed by atoms with Gasteiger partial charge in [0.25, 0.3) is 0 Å². The van der Waals surface area contributed by atoms with E-state index in [1.807, 2.05) is 11.8 Å². The Morgan fingerprint density at radius 1 is 1.15 bits per heavy atom. The third-order valence-electron chi connectivity index (χ3n) is 3.87. The summed E-state index contributed by atoms with van der Waals surface area (Å²) < 4.78 is 0. The fraction of sp³-hybridized carbons (Fsp3) is 1.00. The molecule has 0 aliphatic heterocycles. The van der Waals surface area contributed by atoms with Crippen molar-refractivity contribution in [1.82, 2.24) is 0 Å². The predicted molar refractivity (Wildman–Crippen MR) is 58.0 cm³/mol. The summed E-state index contributed by atoms with van der Waals surface area (Å²) in [5.41, 5.74) is 0. The van der Waals surface area contributed by atoms with Crippen molar-refractivity contribution in [3.63, 3.8) is 0 Å². The van der Waals surface area contributed by atoms with Crippen LogP contribution in [0, 0.1) is 11.8 Å². The molecule has 0 aromatic carbocycles. The summed E-state index contributed by atoms with van der Waals surface area (Å²) in [6, 6.07) is 0. The zero-order chi connectivity index (χ0) is 9.26. The van der Waals surface area contributed by atoms with Crippen LogP contribution in [-0.2, 0) is 0 Å². The van der Waals surface area contributed by atoms with Crippen LogP contribution in [0.4, 0.5) is 0 Å². The Hall–Kier alpha value is 0.310. The Balaban J connectivity index is 1.99. The van der Waals surface area contributed by atoms with E-state index in [0.717, 1.165) is 17.6 Å². The van der Waals surface area contributed by atoms with E-state index < -0.39 is 0 Å². The van der Waals surface area contributed by atoms with Crippen LogP contribution in [0.3, 0.4) is 0 Å². The van der Waals surface area contributed by atoms with Crippen molar-refractivity contribution >= 4 is 11.8 Å². The van der Waals surface area contributed by atoms with E-state index in [0.29, 0.717) is 5.92 Å². The predicted octanol–water partition coefficient (Wildman–Crippen LogP) is 2.68. The highest BCUT2D eigenvalue weighted by Crippen LogP contribution is 2.43. The summed E-state index contributed by atoms with van der Waals surface area (Å²) >= 11 is 1.95. The second-order valence-corrected chi connectivity index (χ2v) is 5.74. The van der Waals surface area contributed by atoms with Gasteiger partial charge in [-0.2, -0.15) is 11.8 Å². The lowest BCUT2D eigenvalue weighted by atomic mass is 9.69. The highest BCUT2D eigenvalue weighted by Gasteiger charge is 2.37. The van der Waals surface area contributed by atoms with Crippen molar-refractivity contribution in [2.24, 2.45) is 11.8 Å². The van der Waals surface area contributed by atoms with Gasteiger partial charge in [-0.25, -0.2) is 0 Å². The lowest BCUT2D eigenvalue weighted by molar-refractivity contribution is 0.0133. The van der Waals surface area contributed by atoms with Crippen molar-refractivity contribution in [3.05, 3.63) is 0 Å². The number of fused-ring (bicyclic) bond motifs is 1. The van der Waals surface area contributed by atoms with Crippen molar-refractivity contribution in [2.45, 2.75) is 49.9 Å². The summed E-state index contributed by atoms with van der Waals surface area (Å²) in [5.74, 6) is 1.49. The molecule has 0 aromatic heterocycles. The average Bonchev–Trinajstić information content (AvgIpc) is 2.18. The van der Waals surface area contributed by atoms with Crippen LogP contribution in [0.25, 0.3) is 0 Å². The maximum absolute atomic E-state index is 9.99. The zero-order valence-corrected chi connectivity index (χ0v) is 9.22. The number of hydrogen-bond donors (Lipinski definition) is 1. The van der Waals surface area contributed by atoms with E-state index in [1.165, 1.54) is 32.1 Å². The Labute approximate surface area is 85.3 Å². The molecule has 0 bridgehead atoms. The van der Waals surface area contributed by atoms with Crippen molar-refractivity contribution in [2.75, 3.05) is 6.26 Å². The standard InChI is InChI=1S/C11H20OS/c1-13-9-6-8-4-2-3-5-10(8)11(12)7-9/h8-12H,2-7H2,1H3.